The highest BCUT2D eigenvalue weighted by Crippen LogP contribution is 2.15. The predicted octanol–water partition coefficient (Wildman–Crippen LogP) is 1.59. The zero-order valence-corrected chi connectivity index (χ0v) is 11.7. The molecule has 0 aliphatic heterocycles. The minimum absolute atomic E-state index is 0.425. The lowest BCUT2D eigenvalue weighted by atomic mass is 10.0. The van der Waals surface area contributed by atoms with Crippen LogP contribution in [0, 0.1) is 13.8 Å². The smallest absolute Gasteiger partial charge is 0.0628 e. The average Bonchev–Trinajstić information content (AvgIpc) is 2.55. The largest absolute Gasteiger partial charge is 0.380 e. The maximum Gasteiger partial charge on any atom is 0.0628 e. The summed E-state index contributed by atoms with van der Waals surface area (Å²) in [5.41, 5.74) is 3.80. The molecule has 1 atom stereocenters. The van der Waals surface area contributed by atoms with Gasteiger partial charge in [0.05, 0.1) is 12.3 Å². The van der Waals surface area contributed by atoms with Gasteiger partial charge in [0.1, 0.15) is 0 Å². The summed E-state index contributed by atoms with van der Waals surface area (Å²) >= 11 is 0. The molecule has 1 aromatic heterocycles. The van der Waals surface area contributed by atoms with Crippen molar-refractivity contribution in [2.75, 3.05) is 20.3 Å². The van der Waals surface area contributed by atoms with Gasteiger partial charge in [0.25, 0.3) is 0 Å². The summed E-state index contributed by atoms with van der Waals surface area (Å²) in [6.45, 7) is 7.81. The highest BCUT2D eigenvalue weighted by Gasteiger charge is 2.12. The summed E-state index contributed by atoms with van der Waals surface area (Å²) in [7, 11) is 3.99. The van der Waals surface area contributed by atoms with Crippen LogP contribution in [0.5, 0.6) is 0 Å². The molecule has 0 saturated heterocycles. The number of likely N-dealkylation sites (N-methyl/N-ethyl adjacent to an activating group) is 1. The molecule has 0 aliphatic carbocycles. The molecule has 0 spiro atoms. The van der Waals surface area contributed by atoms with Crippen molar-refractivity contribution in [3.63, 3.8) is 0 Å². The number of hydrogen-bond acceptors (Lipinski definition) is 3. The number of aromatic nitrogens is 2. The lowest BCUT2D eigenvalue weighted by molar-refractivity contribution is 0.122. The number of ether oxygens (including phenoxy) is 1. The molecule has 1 N–H and O–H groups in total. The van der Waals surface area contributed by atoms with Crippen molar-refractivity contribution in [2.24, 2.45) is 7.05 Å². The second kappa shape index (κ2) is 6.77. The number of hydrogen-bond donors (Lipinski definition) is 1. The van der Waals surface area contributed by atoms with Gasteiger partial charge in [0.15, 0.2) is 0 Å². The van der Waals surface area contributed by atoms with E-state index < -0.39 is 0 Å². The Balaban J connectivity index is 2.53. The summed E-state index contributed by atoms with van der Waals surface area (Å²) in [4.78, 5) is 0. The fourth-order valence-electron chi connectivity index (χ4n) is 2.07. The van der Waals surface area contributed by atoms with Crippen LogP contribution >= 0.6 is 0 Å². The lowest BCUT2D eigenvalue weighted by Gasteiger charge is -2.15. The monoisotopic (exact) mass is 239 g/mol. The van der Waals surface area contributed by atoms with Gasteiger partial charge >= 0.3 is 0 Å². The Bertz CT molecular complexity index is 347. The normalized spacial score (nSPS) is 13.0. The van der Waals surface area contributed by atoms with Gasteiger partial charge in [-0.2, -0.15) is 5.10 Å². The van der Waals surface area contributed by atoms with E-state index in [9.17, 15) is 0 Å². The van der Waals surface area contributed by atoms with Crippen LogP contribution in [0.4, 0.5) is 0 Å². The standard InChI is InChI=1S/C13H25N3O/c1-6-17-9-12(14-4)7-8-13-10(2)15-16(5)11(13)3/h12,14H,6-9H2,1-5H3. The van der Waals surface area contributed by atoms with E-state index in [1.807, 2.05) is 25.7 Å². The third-order valence-corrected chi connectivity index (χ3v) is 3.33. The quantitative estimate of drug-likeness (QED) is 0.785. The first kappa shape index (κ1) is 14.2. The molecule has 0 bridgehead atoms. The molecule has 17 heavy (non-hydrogen) atoms. The topological polar surface area (TPSA) is 39.1 Å². The molecule has 4 nitrogen and oxygen atoms in total. The van der Waals surface area contributed by atoms with Crippen LogP contribution in [0.2, 0.25) is 0 Å². The van der Waals surface area contributed by atoms with Crippen molar-refractivity contribution >= 4 is 0 Å². The minimum atomic E-state index is 0.425. The highest BCUT2D eigenvalue weighted by atomic mass is 16.5. The van der Waals surface area contributed by atoms with Crippen molar-refractivity contribution in [3.8, 4) is 0 Å². The van der Waals surface area contributed by atoms with Gasteiger partial charge in [-0.15, -0.1) is 0 Å². The van der Waals surface area contributed by atoms with Gasteiger partial charge in [0, 0.05) is 25.4 Å². The van der Waals surface area contributed by atoms with Gasteiger partial charge in [-0.05, 0) is 46.2 Å². The van der Waals surface area contributed by atoms with Gasteiger partial charge in [-0.1, -0.05) is 0 Å². The summed E-state index contributed by atoms with van der Waals surface area (Å²) < 4.78 is 7.42. The molecule has 0 saturated carbocycles. The number of rotatable bonds is 7. The molecule has 4 heteroatoms. The number of aryl methyl sites for hydroxylation is 2. The molecule has 0 aromatic carbocycles. The Hall–Kier alpha value is -0.870. The molecule has 0 radical (unpaired) electrons. The third kappa shape index (κ3) is 3.82. The zero-order valence-electron chi connectivity index (χ0n) is 11.7. The summed E-state index contributed by atoms with van der Waals surface area (Å²) in [5, 5.41) is 7.74. The molecular weight excluding hydrogens is 214 g/mol. The fourth-order valence-corrected chi connectivity index (χ4v) is 2.07. The van der Waals surface area contributed by atoms with Gasteiger partial charge in [0.2, 0.25) is 0 Å². The molecule has 1 aromatic rings. The Kier molecular flexibility index (Phi) is 5.65. The SMILES string of the molecule is CCOCC(CCc1c(C)nn(C)c1C)NC. The summed E-state index contributed by atoms with van der Waals surface area (Å²) in [5.74, 6) is 0. The van der Waals surface area contributed by atoms with Gasteiger partial charge in [-0.25, -0.2) is 0 Å². The van der Waals surface area contributed by atoms with E-state index in [1.54, 1.807) is 0 Å². The second-order valence-electron chi connectivity index (χ2n) is 4.46. The highest BCUT2D eigenvalue weighted by molar-refractivity contribution is 5.24. The molecule has 0 fully saturated rings. The fraction of sp³-hybridized carbons (Fsp3) is 0.769. The van der Waals surface area contributed by atoms with Gasteiger partial charge in [-0.3, -0.25) is 4.68 Å². The molecule has 1 unspecified atom stereocenters. The minimum Gasteiger partial charge on any atom is -0.380 e. The van der Waals surface area contributed by atoms with Crippen LogP contribution in [-0.4, -0.2) is 36.1 Å². The maximum absolute atomic E-state index is 5.46. The van der Waals surface area contributed by atoms with Crippen molar-refractivity contribution in [3.05, 3.63) is 17.0 Å². The molecule has 98 valence electrons. The van der Waals surface area contributed by atoms with Crippen LogP contribution in [-0.2, 0) is 18.2 Å². The van der Waals surface area contributed by atoms with Crippen molar-refractivity contribution in [2.45, 2.75) is 39.7 Å². The van der Waals surface area contributed by atoms with Crippen molar-refractivity contribution < 1.29 is 4.74 Å². The van der Waals surface area contributed by atoms with E-state index in [1.165, 1.54) is 11.3 Å². The third-order valence-electron chi connectivity index (χ3n) is 3.33. The zero-order chi connectivity index (χ0) is 12.8. The van der Waals surface area contributed by atoms with E-state index in [0.717, 1.165) is 31.7 Å². The Morgan fingerprint density at radius 2 is 2.12 bits per heavy atom. The van der Waals surface area contributed by atoms with Crippen molar-refractivity contribution in [1.29, 1.82) is 0 Å². The maximum atomic E-state index is 5.46. The Morgan fingerprint density at radius 3 is 2.59 bits per heavy atom. The van der Waals surface area contributed by atoms with Crippen molar-refractivity contribution in [1.82, 2.24) is 15.1 Å². The summed E-state index contributed by atoms with van der Waals surface area (Å²) in [6.07, 6.45) is 2.15. The van der Waals surface area contributed by atoms with Crippen LogP contribution in [0.1, 0.15) is 30.3 Å². The summed E-state index contributed by atoms with van der Waals surface area (Å²) in [6, 6.07) is 0.425. The van der Waals surface area contributed by atoms with Crippen LogP contribution in [0.3, 0.4) is 0 Å². The Morgan fingerprint density at radius 1 is 1.41 bits per heavy atom. The second-order valence-corrected chi connectivity index (χ2v) is 4.46. The number of nitrogens with zero attached hydrogens (tertiary/aromatic N) is 2. The molecule has 0 aliphatic rings. The first-order valence-corrected chi connectivity index (χ1v) is 6.34. The molecule has 1 heterocycles. The van der Waals surface area contributed by atoms with E-state index in [4.69, 9.17) is 4.74 Å². The van der Waals surface area contributed by atoms with E-state index in [-0.39, 0.29) is 0 Å². The van der Waals surface area contributed by atoms with Crippen LogP contribution in [0.25, 0.3) is 0 Å². The molecule has 1 rings (SSSR count). The van der Waals surface area contributed by atoms with E-state index in [0.29, 0.717) is 6.04 Å². The first-order valence-electron chi connectivity index (χ1n) is 6.34. The van der Waals surface area contributed by atoms with Crippen LogP contribution in [0.15, 0.2) is 0 Å². The first-order chi connectivity index (χ1) is 8.10. The lowest BCUT2D eigenvalue weighted by Crippen LogP contribution is -2.31. The van der Waals surface area contributed by atoms with E-state index in [2.05, 4.69) is 24.3 Å². The number of nitrogens with one attached hydrogen (secondary N) is 1. The predicted molar refractivity (Wildman–Crippen MR) is 70.3 cm³/mol. The van der Waals surface area contributed by atoms with Crippen LogP contribution < -0.4 is 5.32 Å². The van der Waals surface area contributed by atoms with Gasteiger partial charge < -0.3 is 10.1 Å². The molecule has 0 amide bonds. The average molecular weight is 239 g/mol. The van der Waals surface area contributed by atoms with E-state index >= 15 is 0 Å². The Labute approximate surface area is 104 Å². The molecular formula is C13H25N3O.